The Hall–Kier alpha value is -2.75. The number of carbonyl (C=O) groups is 1. The molecule has 0 saturated carbocycles. The third-order valence-electron chi connectivity index (χ3n) is 3.16. The molecule has 2 rings (SSSR count). The molecule has 0 atom stereocenters. The number of carbonyl (C=O) groups excluding carboxylic acids is 1. The van der Waals surface area contributed by atoms with Crippen LogP contribution in [-0.2, 0) is 6.54 Å². The van der Waals surface area contributed by atoms with Gasteiger partial charge in [-0.2, -0.15) is 0 Å². The molecule has 4 nitrogen and oxygen atoms in total. The molecule has 0 bridgehead atoms. The van der Waals surface area contributed by atoms with Gasteiger partial charge >= 0.3 is 0 Å². The topological polar surface area (TPSA) is 47.6 Å². The molecule has 4 heteroatoms. The molecule has 0 saturated heterocycles. The van der Waals surface area contributed by atoms with Gasteiger partial charge in [-0.1, -0.05) is 43.0 Å². The van der Waals surface area contributed by atoms with Crippen molar-refractivity contribution in [3.05, 3.63) is 72.3 Å². The third kappa shape index (κ3) is 4.88. The summed E-state index contributed by atoms with van der Waals surface area (Å²) in [5.41, 5.74) is 1.59. The molecule has 0 aliphatic rings. The first-order valence-corrected chi connectivity index (χ1v) is 7.57. The Morgan fingerprint density at radius 3 is 2.61 bits per heavy atom. The van der Waals surface area contributed by atoms with Crippen LogP contribution in [0, 0.1) is 0 Å². The second kappa shape index (κ2) is 8.63. The van der Waals surface area contributed by atoms with Gasteiger partial charge in [0.1, 0.15) is 6.61 Å². The number of nitrogens with one attached hydrogen (secondary N) is 1. The number of hydrogen-bond donors (Lipinski definition) is 1. The van der Waals surface area contributed by atoms with Gasteiger partial charge in [0.2, 0.25) is 0 Å². The summed E-state index contributed by atoms with van der Waals surface area (Å²) in [5, 5.41) is 2.90. The zero-order valence-electron chi connectivity index (χ0n) is 13.2. The van der Waals surface area contributed by atoms with E-state index in [1.807, 2.05) is 37.3 Å². The minimum atomic E-state index is -0.148. The van der Waals surface area contributed by atoms with Gasteiger partial charge in [0.05, 0.1) is 6.61 Å². The van der Waals surface area contributed by atoms with Crippen LogP contribution in [0.2, 0.25) is 0 Å². The molecule has 120 valence electrons. The minimum absolute atomic E-state index is 0.148. The maximum absolute atomic E-state index is 12.3. The number of rotatable bonds is 8. The van der Waals surface area contributed by atoms with Gasteiger partial charge < -0.3 is 14.8 Å². The van der Waals surface area contributed by atoms with E-state index in [-0.39, 0.29) is 5.91 Å². The van der Waals surface area contributed by atoms with Crippen molar-refractivity contribution in [3.63, 3.8) is 0 Å². The summed E-state index contributed by atoms with van der Waals surface area (Å²) in [6.45, 7) is 6.88. The average Bonchev–Trinajstić information content (AvgIpc) is 2.59. The Labute approximate surface area is 136 Å². The van der Waals surface area contributed by atoms with Gasteiger partial charge in [-0.3, -0.25) is 4.79 Å². The quantitative estimate of drug-likeness (QED) is 0.758. The SMILES string of the molecule is C=CCOc1ccc(C(=O)NCc2ccccc2)cc1OCC. The molecule has 0 aromatic heterocycles. The predicted octanol–water partition coefficient (Wildman–Crippen LogP) is 3.58. The van der Waals surface area contributed by atoms with Crippen LogP contribution in [0.3, 0.4) is 0 Å². The summed E-state index contributed by atoms with van der Waals surface area (Å²) >= 11 is 0. The second-order valence-corrected chi connectivity index (χ2v) is 4.86. The van der Waals surface area contributed by atoms with E-state index in [1.165, 1.54) is 0 Å². The van der Waals surface area contributed by atoms with Crippen LogP contribution in [0.25, 0.3) is 0 Å². The maximum Gasteiger partial charge on any atom is 0.251 e. The van der Waals surface area contributed by atoms with E-state index in [0.717, 1.165) is 5.56 Å². The lowest BCUT2D eigenvalue weighted by molar-refractivity contribution is 0.0950. The van der Waals surface area contributed by atoms with Crippen LogP contribution in [0.4, 0.5) is 0 Å². The first-order chi connectivity index (χ1) is 11.2. The Morgan fingerprint density at radius 2 is 1.91 bits per heavy atom. The molecule has 0 heterocycles. The van der Waals surface area contributed by atoms with E-state index in [9.17, 15) is 4.79 Å². The molecule has 1 N–H and O–H groups in total. The summed E-state index contributed by atoms with van der Waals surface area (Å²) in [4.78, 5) is 12.3. The lowest BCUT2D eigenvalue weighted by Gasteiger charge is -2.12. The molecule has 0 fully saturated rings. The molecule has 2 aromatic rings. The van der Waals surface area contributed by atoms with Crippen LogP contribution >= 0.6 is 0 Å². The highest BCUT2D eigenvalue weighted by Gasteiger charge is 2.11. The highest BCUT2D eigenvalue weighted by atomic mass is 16.5. The number of hydrogen-bond acceptors (Lipinski definition) is 3. The Morgan fingerprint density at radius 1 is 1.13 bits per heavy atom. The van der Waals surface area contributed by atoms with E-state index in [1.54, 1.807) is 24.3 Å². The summed E-state index contributed by atoms with van der Waals surface area (Å²) < 4.78 is 11.1. The molecule has 2 aromatic carbocycles. The zero-order valence-corrected chi connectivity index (χ0v) is 13.2. The van der Waals surface area contributed by atoms with E-state index < -0.39 is 0 Å². The molecule has 1 amide bonds. The molecule has 23 heavy (non-hydrogen) atoms. The molecular weight excluding hydrogens is 290 g/mol. The molecule has 0 unspecified atom stereocenters. The molecule has 0 radical (unpaired) electrons. The van der Waals surface area contributed by atoms with Crippen molar-refractivity contribution in [2.45, 2.75) is 13.5 Å². The number of benzene rings is 2. The summed E-state index contributed by atoms with van der Waals surface area (Å²) in [6, 6.07) is 14.9. The van der Waals surface area contributed by atoms with E-state index in [2.05, 4.69) is 11.9 Å². The summed E-state index contributed by atoms with van der Waals surface area (Å²) in [6.07, 6.45) is 1.66. The average molecular weight is 311 g/mol. The van der Waals surface area contributed by atoms with Gasteiger partial charge in [-0.15, -0.1) is 0 Å². The molecule has 0 spiro atoms. The van der Waals surface area contributed by atoms with Gasteiger partial charge in [-0.05, 0) is 30.7 Å². The van der Waals surface area contributed by atoms with Gasteiger partial charge in [0.25, 0.3) is 5.91 Å². The fourth-order valence-corrected chi connectivity index (χ4v) is 2.07. The van der Waals surface area contributed by atoms with Crippen molar-refractivity contribution < 1.29 is 14.3 Å². The third-order valence-corrected chi connectivity index (χ3v) is 3.16. The second-order valence-electron chi connectivity index (χ2n) is 4.86. The van der Waals surface area contributed by atoms with Gasteiger partial charge in [-0.25, -0.2) is 0 Å². The molecule has 0 aliphatic heterocycles. The Balaban J connectivity index is 2.07. The fraction of sp³-hybridized carbons (Fsp3) is 0.211. The highest BCUT2D eigenvalue weighted by Crippen LogP contribution is 2.28. The minimum Gasteiger partial charge on any atom is -0.490 e. The summed E-state index contributed by atoms with van der Waals surface area (Å²) in [5.74, 6) is 1.01. The largest absolute Gasteiger partial charge is 0.490 e. The highest BCUT2D eigenvalue weighted by molar-refractivity contribution is 5.94. The zero-order chi connectivity index (χ0) is 16.5. The van der Waals surface area contributed by atoms with E-state index in [4.69, 9.17) is 9.47 Å². The van der Waals surface area contributed by atoms with Crippen LogP contribution in [0.1, 0.15) is 22.8 Å². The van der Waals surface area contributed by atoms with Crippen molar-refractivity contribution in [3.8, 4) is 11.5 Å². The van der Waals surface area contributed by atoms with Crippen LogP contribution in [0.15, 0.2) is 61.2 Å². The lowest BCUT2D eigenvalue weighted by atomic mass is 10.1. The van der Waals surface area contributed by atoms with Crippen LogP contribution in [0.5, 0.6) is 11.5 Å². The van der Waals surface area contributed by atoms with Crippen molar-refractivity contribution in [1.29, 1.82) is 0 Å². The Kier molecular flexibility index (Phi) is 6.24. The fourth-order valence-electron chi connectivity index (χ4n) is 2.07. The van der Waals surface area contributed by atoms with Crippen LogP contribution < -0.4 is 14.8 Å². The lowest BCUT2D eigenvalue weighted by Crippen LogP contribution is -2.22. The predicted molar refractivity (Wildman–Crippen MR) is 90.9 cm³/mol. The summed E-state index contributed by atoms with van der Waals surface area (Å²) in [7, 11) is 0. The van der Waals surface area contributed by atoms with Crippen molar-refractivity contribution >= 4 is 5.91 Å². The standard InChI is InChI=1S/C19H21NO3/c1-3-12-23-17-11-10-16(13-18(17)22-4-2)19(21)20-14-15-8-6-5-7-9-15/h3,5-11,13H,1,4,12,14H2,2H3,(H,20,21). The van der Waals surface area contributed by atoms with Crippen LogP contribution in [-0.4, -0.2) is 19.1 Å². The van der Waals surface area contributed by atoms with Crippen molar-refractivity contribution in [2.24, 2.45) is 0 Å². The number of amides is 1. The van der Waals surface area contributed by atoms with Gasteiger partial charge in [0, 0.05) is 12.1 Å². The van der Waals surface area contributed by atoms with Gasteiger partial charge in [0.15, 0.2) is 11.5 Å². The monoisotopic (exact) mass is 311 g/mol. The van der Waals surface area contributed by atoms with Crippen molar-refractivity contribution in [2.75, 3.05) is 13.2 Å². The Bertz CT molecular complexity index is 653. The number of ether oxygens (including phenoxy) is 2. The van der Waals surface area contributed by atoms with E-state index >= 15 is 0 Å². The first-order valence-electron chi connectivity index (χ1n) is 7.57. The first kappa shape index (κ1) is 16.6. The maximum atomic E-state index is 12.3. The normalized spacial score (nSPS) is 9.96. The molecule has 0 aliphatic carbocycles. The van der Waals surface area contributed by atoms with Crippen molar-refractivity contribution in [1.82, 2.24) is 5.32 Å². The smallest absolute Gasteiger partial charge is 0.251 e. The molecular formula is C19H21NO3. The van der Waals surface area contributed by atoms with E-state index in [0.29, 0.717) is 36.8 Å².